The predicted molar refractivity (Wildman–Crippen MR) is 112 cm³/mol. The van der Waals surface area contributed by atoms with Crippen molar-refractivity contribution in [2.24, 2.45) is 16.9 Å². The number of carboxylic acids is 1. The second-order valence-corrected chi connectivity index (χ2v) is 7.90. The molecule has 4 atom stereocenters. The van der Waals surface area contributed by atoms with E-state index < -0.39 is 12.0 Å². The average Bonchev–Trinajstić information content (AvgIpc) is 2.70. The van der Waals surface area contributed by atoms with Gasteiger partial charge in [0.2, 0.25) is 0 Å². The fraction of sp³-hybridized carbons (Fsp3) is 0.550. The molecule has 0 saturated carbocycles. The number of benzene rings is 1. The van der Waals surface area contributed by atoms with Gasteiger partial charge < -0.3 is 14.6 Å². The fourth-order valence-electron chi connectivity index (χ4n) is 3.08. The van der Waals surface area contributed by atoms with Crippen LogP contribution in [0.25, 0.3) is 0 Å². The Hall–Kier alpha value is -2.10. The molecule has 1 unspecified atom stereocenters. The zero-order chi connectivity index (χ0) is 21.1. The Bertz CT molecular complexity index is 673. The highest BCUT2D eigenvalue weighted by molar-refractivity contribution is 7.98. The monoisotopic (exact) mass is 423 g/mol. The van der Waals surface area contributed by atoms with Crippen LogP contribution in [0, 0.1) is 11.8 Å². The van der Waals surface area contributed by atoms with E-state index in [1.54, 1.807) is 6.21 Å². The van der Waals surface area contributed by atoms with Crippen molar-refractivity contribution in [2.75, 3.05) is 6.61 Å². The Morgan fingerprint density at radius 1 is 1.34 bits per heavy atom. The molecule has 1 aliphatic rings. The summed E-state index contributed by atoms with van der Waals surface area (Å²) >= 11 is 1.20. The molecule has 0 radical (unpaired) electrons. The summed E-state index contributed by atoms with van der Waals surface area (Å²) in [6, 6.07) is 9.07. The van der Waals surface area contributed by atoms with Gasteiger partial charge in [-0.05, 0) is 43.3 Å². The molecular weight excluding hydrogens is 394 g/mol. The van der Waals surface area contributed by atoms with Gasteiger partial charge >= 0.3 is 12.0 Å². The number of hydrogen-bond donors (Lipinski definition) is 3. The lowest BCUT2D eigenvalue weighted by Gasteiger charge is -2.36. The van der Waals surface area contributed by atoms with Crippen LogP contribution in [0.15, 0.2) is 40.3 Å². The first-order valence-corrected chi connectivity index (χ1v) is 10.6. The van der Waals surface area contributed by atoms with E-state index in [9.17, 15) is 9.59 Å². The molecule has 1 heterocycles. The van der Waals surface area contributed by atoms with Crippen molar-refractivity contribution in [3.8, 4) is 0 Å². The molecule has 1 aliphatic heterocycles. The topological polar surface area (TPSA) is 109 Å². The van der Waals surface area contributed by atoms with Crippen LogP contribution in [0.2, 0.25) is 0 Å². The minimum Gasteiger partial charge on any atom is -0.481 e. The second kappa shape index (κ2) is 12.5. The minimum atomic E-state index is -0.768. The average molecular weight is 424 g/mol. The number of nitrogens with zero attached hydrogens (tertiary/aromatic N) is 1. The SMILES string of the molecule is CC(CCCCC(=O)O)[C@H]1CO[C@@H](C)O[C@H]1/C=N/NC(=O)NSc1ccccc1. The maximum atomic E-state index is 11.9. The van der Waals surface area contributed by atoms with Crippen LogP contribution in [-0.4, -0.2) is 42.3 Å². The Balaban J connectivity index is 1.79. The maximum Gasteiger partial charge on any atom is 0.345 e. The van der Waals surface area contributed by atoms with Gasteiger partial charge in [0.15, 0.2) is 6.29 Å². The summed E-state index contributed by atoms with van der Waals surface area (Å²) in [7, 11) is 0. The van der Waals surface area contributed by atoms with Crippen molar-refractivity contribution in [3.63, 3.8) is 0 Å². The van der Waals surface area contributed by atoms with Gasteiger partial charge in [0.25, 0.3) is 0 Å². The van der Waals surface area contributed by atoms with Crippen LogP contribution in [0.5, 0.6) is 0 Å². The van der Waals surface area contributed by atoms with Crippen molar-refractivity contribution in [2.45, 2.75) is 56.8 Å². The van der Waals surface area contributed by atoms with Crippen LogP contribution < -0.4 is 10.1 Å². The van der Waals surface area contributed by atoms with Crippen LogP contribution in [0.4, 0.5) is 4.79 Å². The second-order valence-electron chi connectivity index (χ2n) is 7.02. The van der Waals surface area contributed by atoms with Crippen LogP contribution in [-0.2, 0) is 14.3 Å². The number of carbonyl (C=O) groups excluding carboxylic acids is 1. The molecule has 2 rings (SSSR count). The summed E-state index contributed by atoms with van der Waals surface area (Å²) in [5, 5.41) is 12.8. The lowest BCUT2D eigenvalue weighted by Crippen LogP contribution is -2.43. The lowest BCUT2D eigenvalue weighted by atomic mass is 9.85. The van der Waals surface area contributed by atoms with Crippen molar-refractivity contribution >= 4 is 30.2 Å². The molecule has 3 N–H and O–H groups in total. The Morgan fingerprint density at radius 3 is 2.83 bits per heavy atom. The van der Waals surface area contributed by atoms with E-state index in [0.717, 1.165) is 17.7 Å². The molecule has 9 heteroatoms. The molecule has 0 bridgehead atoms. The van der Waals surface area contributed by atoms with Crippen molar-refractivity contribution in [1.29, 1.82) is 0 Å². The highest BCUT2D eigenvalue weighted by atomic mass is 32.2. The van der Waals surface area contributed by atoms with Crippen molar-refractivity contribution < 1.29 is 24.2 Å². The van der Waals surface area contributed by atoms with Crippen LogP contribution >= 0.6 is 11.9 Å². The minimum absolute atomic E-state index is 0.0864. The number of carbonyl (C=O) groups is 2. The summed E-state index contributed by atoms with van der Waals surface area (Å²) in [6.45, 7) is 4.46. The van der Waals surface area contributed by atoms with Gasteiger partial charge in [0.05, 0.1) is 12.8 Å². The van der Waals surface area contributed by atoms with E-state index in [1.807, 2.05) is 37.3 Å². The zero-order valence-corrected chi connectivity index (χ0v) is 17.6. The summed E-state index contributed by atoms with van der Waals surface area (Å²) in [6.07, 6.45) is 3.53. The number of aliphatic carboxylic acids is 1. The summed E-state index contributed by atoms with van der Waals surface area (Å²) in [4.78, 5) is 23.5. The predicted octanol–water partition coefficient (Wildman–Crippen LogP) is 3.64. The molecule has 1 aromatic carbocycles. The number of hydrogen-bond acceptors (Lipinski definition) is 6. The summed E-state index contributed by atoms with van der Waals surface area (Å²) in [5.41, 5.74) is 2.45. The number of nitrogens with one attached hydrogen (secondary N) is 2. The van der Waals surface area contributed by atoms with E-state index in [0.29, 0.717) is 13.0 Å². The van der Waals surface area contributed by atoms with Gasteiger partial charge in [-0.25, -0.2) is 10.2 Å². The number of unbranched alkanes of at least 4 members (excludes halogenated alkanes) is 1. The Kier molecular flexibility index (Phi) is 9.96. The largest absolute Gasteiger partial charge is 0.481 e. The number of carboxylic acid groups (broad SMARTS) is 1. The normalized spacial score (nSPS) is 22.9. The first-order chi connectivity index (χ1) is 14.0. The third kappa shape index (κ3) is 8.84. The summed E-state index contributed by atoms with van der Waals surface area (Å²) < 4.78 is 14.1. The van der Waals surface area contributed by atoms with Gasteiger partial charge in [-0.15, -0.1) is 0 Å². The first kappa shape index (κ1) is 23.2. The molecule has 2 amide bonds. The van der Waals surface area contributed by atoms with Gasteiger partial charge in [-0.3, -0.25) is 9.52 Å². The zero-order valence-electron chi connectivity index (χ0n) is 16.7. The van der Waals surface area contributed by atoms with E-state index >= 15 is 0 Å². The standard InChI is InChI=1S/C20H29N3O5S/c1-14(8-6-7-11-19(24)25)17-13-27-15(2)28-18(17)12-21-22-20(26)23-29-16-9-4-3-5-10-16/h3-5,9-10,12,14-15,17-18H,6-8,11,13H2,1-2H3,(H,24,25)(H2,22,23,26)/b21-12+/t14?,15-,17-,18+/m1/s1. The molecule has 0 aromatic heterocycles. The molecule has 29 heavy (non-hydrogen) atoms. The van der Waals surface area contributed by atoms with E-state index in [4.69, 9.17) is 14.6 Å². The molecule has 1 saturated heterocycles. The molecule has 0 spiro atoms. The van der Waals surface area contributed by atoms with Gasteiger partial charge in [-0.1, -0.05) is 38.0 Å². The number of amides is 2. The molecule has 160 valence electrons. The first-order valence-electron chi connectivity index (χ1n) is 9.75. The van der Waals surface area contributed by atoms with E-state index in [1.165, 1.54) is 11.9 Å². The summed E-state index contributed by atoms with van der Waals surface area (Å²) in [5.74, 6) is -0.408. The van der Waals surface area contributed by atoms with Crippen molar-refractivity contribution in [3.05, 3.63) is 30.3 Å². The fourth-order valence-corrected chi connectivity index (χ4v) is 3.63. The lowest BCUT2D eigenvalue weighted by molar-refractivity contribution is -0.215. The van der Waals surface area contributed by atoms with Crippen LogP contribution in [0.1, 0.15) is 39.5 Å². The maximum absolute atomic E-state index is 11.9. The van der Waals surface area contributed by atoms with E-state index in [-0.39, 0.29) is 30.7 Å². The van der Waals surface area contributed by atoms with Gasteiger partial charge in [0, 0.05) is 17.2 Å². The highest BCUT2D eigenvalue weighted by Gasteiger charge is 2.32. The van der Waals surface area contributed by atoms with E-state index in [2.05, 4.69) is 22.2 Å². The number of rotatable bonds is 10. The molecule has 1 aromatic rings. The quantitative estimate of drug-likeness (QED) is 0.229. The smallest absolute Gasteiger partial charge is 0.345 e. The molecule has 0 aliphatic carbocycles. The van der Waals surface area contributed by atoms with Gasteiger partial charge in [0.1, 0.15) is 6.10 Å². The van der Waals surface area contributed by atoms with Gasteiger partial charge in [-0.2, -0.15) is 5.10 Å². The third-order valence-corrected chi connectivity index (χ3v) is 5.51. The molecule has 1 fully saturated rings. The highest BCUT2D eigenvalue weighted by Crippen LogP contribution is 2.28. The molecular formula is C20H29N3O5S. The number of ether oxygens (including phenoxy) is 2. The third-order valence-electron chi connectivity index (χ3n) is 4.72. The van der Waals surface area contributed by atoms with Crippen molar-refractivity contribution in [1.82, 2.24) is 10.1 Å². The number of hydrazone groups is 1. The van der Waals surface area contributed by atoms with Crippen LogP contribution in [0.3, 0.4) is 0 Å². The number of urea groups is 1. The Labute approximate surface area is 175 Å². The molecule has 8 nitrogen and oxygen atoms in total. The Morgan fingerprint density at radius 2 is 2.10 bits per heavy atom.